The van der Waals surface area contributed by atoms with Crippen LogP contribution in [0.2, 0.25) is 0 Å². The molecule has 0 spiro atoms. The summed E-state index contributed by atoms with van der Waals surface area (Å²) in [6.45, 7) is 2.87. The predicted molar refractivity (Wildman–Crippen MR) is 129 cm³/mol. The lowest BCUT2D eigenvalue weighted by molar-refractivity contribution is -0.171. The second kappa shape index (κ2) is 10.5. The smallest absolute Gasteiger partial charge is 0.407 e. The Bertz CT molecular complexity index is 1020. The fourth-order valence-electron chi connectivity index (χ4n) is 4.39. The van der Waals surface area contributed by atoms with Crippen LogP contribution in [0.5, 0.6) is 0 Å². The maximum absolute atomic E-state index is 12.2. The van der Waals surface area contributed by atoms with Crippen molar-refractivity contribution in [1.29, 1.82) is 0 Å². The number of amides is 2. The molecule has 1 heterocycles. The Labute approximate surface area is 202 Å². The van der Waals surface area contributed by atoms with E-state index in [0.29, 0.717) is 31.1 Å². The SMILES string of the molecule is CC1(OCC(=O)O)CN(C(=O)CSCCNC(=O)OCC2c3ccccc3-c3ccccc32)C1. The van der Waals surface area contributed by atoms with Crippen LogP contribution < -0.4 is 5.32 Å². The van der Waals surface area contributed by atoms with Crippen molar-refractivity contribution >= 4 is 29.7 Å². The summed E-state index contributed by atoms with van der Waals surface area (Å²) >= 11 is 1.43. The molecule has 0 radical (unpaired) electrons. The van der Waals surface area contributed by atoms with Crippen molar-refractivity contribution in [3.05, 3.63) is 59.7 Å². The summed E-state index contributed by atoms with van der Waals surface area (Å²) in [7, 11) is 0. The first-order valence-electron chi connectivity index (χ1n) is 11.2. The molecule has 0 bridgehead atoms. The number of hydrogen-bond donors (Lipinski definition) is 2. The number of fused-ring (bicyclic) bond motifs is 3. The molecule has 2 N–H and O–H groups in total. The van der Waals surface area contributed by atoms with Crippen molar-refractivity contribution in [1.82, 2.24) is 10.2 Å². The number of hydrogen-bond acceptors (Lipinski definition) is 6. The van der Waals surface area contributed by atoms with Crippen LogP contribution in [-0.4, -0.2) is 77.9 Å². The molecule has 4 rings (SSSR count). The fraction of sp³-hybridized carbons (Fsp3) is 0.400. The third kappa shape index (κ3) is 5.53. The van der Waals surface area contributed by atoms with Crippen molar-refractivity contribution in [3.63, 3.8) is 0 Å². The molecule has 2 amide bonds. The Balaban J connectivity index is 1.13. The van der Waals surface area contributed by atoms with Gasteiger partial charge in [-0.15, -0.1) is 0 Å². The standard InChI is InChI=1S/C25H28N2O6S/c1-25(33-13-23(29)30)15-27(16-25)22(28)14-34-11-10-26-24(31)32-12-21-19-8-4-2-6-17(19)18-7-3-5-9-20(18)21/h2-9,21H,10-16H2,1H3,(H,26,31)(H,29,30). The van der Waals surface area contributed by atoms with E-state index in [1.54, 1.807) is 11.8 Å². The molecule has 1 aliphatic carbocycles. The second-order valence-electron chi connectivity index (χ2n) is 8.69. The number of rotatable bonds is 10. The first kappa shape index (κ1) is 24.1. The Morgan fingerprint density at radius 1 is 1.09 bits per heavy atom. The van der Waals surface area contributed by atoms with E-state index >= 15 is 0 Å². The van der Waals surface area contributed by atoms with Gasteiger partial charge in [0, 0.05) is 18.2 Å². The summed E-state index contributed by atoms with van der Waals surface area (Å²) in [5.74, 6) is -0.155. The molecule has 2 aromatic rings. The predicted octanol–water partition coefficient (Wildman–Crippen LogP) is 2.96. The van der Waals surface area contributed by atoms with E-state index in [1.807, 2.05) is 24.3 Å². The zero-order valence-corrected chi connectivity index (χ0v) is 19.8. The maximum atomic E-state index is 12.2. The number of alkyl carbamates (subject to hydrolysis) is 1. The number of aliphatic carboxylic acids is 1. The van der Waals surface area contributed by atoms with Crippen molar-refractivity contribution in [2.24, 2.45) is 0 Å². The lowest BCUT2D eigenvalue weighted by Gasteiger charge is -2.47. The van der Waals surface area contributed by atoms with E-state index < -0.39 is 17.7 Å². The molecule has 8 nitrogen and oxygen atoms in total. The quantitative estimate of drug-likeness (QED) is 0.500. The molecule has 2 aliphatic rings. The van der Waals surface area contributed by atoms with Gasteiger partial charge in [0.1, 0.15) is 18.8 Å². The fourth-order valence-corrected chi connectivity index (χ4v) is 5.14. The molecule has 0 aromatic heterocycles. The van der Waals surface area contributed by atoms with Crippen LogP contribution in [0.4, 0.5) is 4.79 Å². The van der Waals surface area contributed by atoms with Crippen LogP contribution in [0, 0.1) is 0 Å². The first-order valence-corrected chi connectivity index (χ1v) is 12.3. The Morgan fingerprint density at radius 2 is 1.71 bits per heavy atom. The van der Waals surface area contributed by atoms with E-state index in [9.17, 15) is 14.4 Å². The van der Waals surface area contributed by atoms with Crippen molar-refractivity contribution in [2.75, 3.05) is 44.4 Å². The molecule has 0 saturated carbocycles. The van der Waals surface area contributed by atoms with Gasteiger partial charge >= 0.3 is 12.1 Å². The Morgan fingerprint density at radius 3 is 2.32 bits per heavy atom. The molecule has 34 heavy (non-hydrogen) atoms. The van der Waals surface area contributed by atoms with Crippen molar-refractivity contribution in [3.8, 4) is 11.1 Å². The Hall–Kier alpha value is -3.04. The summed E-state index contributed by atoms with van der Waals surface area (Å²) < 4.78 is 10.8. The van der Waals surface area contributed by atoms with Crippen LogP contribution in [0.1, 0.15) is 24.0 Å². The number of carbonyl (C=O) groups excluding carboxylic acids is 2. The largest absolute Gasteiger partial charge is 0.480 e. The van der Waals surface area contributed by atoms with Crippen molar-refractivity contribution < 1.29 is 29.0 Å². The molecule has 9 heteroatoms. The number of carbonyl (C=O) groups is 3. The number of nitrogens with zero attached hydrogens (tertiary/aromatic N) is 1. The highest BCUT2D eigenvalue weighted by molar-refractivity contribution is 7.99. The highest BCUT2D eigenvalue weighted by atomic mass is 32.2. The van der Waals surface area contributed by atoms with E-state index in [2.05, 4.69) is 29.6 Å². The highest BCUT2D eigenvalue weighted by Gasteiger charge is 2.42. The minimum absolute atomic E-state index is 0.0202. The second-order valence-corrected chi connectivity index (χ2v) is 9.79. The molecule has 1 saturated heterocycles. The number of ether oxygens (including phenoxy) is 2. The molecule has 1 aliphatic heterocycles. The van der Waals surface area contributed by atoms with Gasteiger partial charge in [-0.2, -0.15) is 11.8 Å². The zero-order chi connectivity index (χ0) is 24.1. The number of likely N-dealkylation sites (tertiary alicyclic amines) is 1. The molecule has 0 atom stereocenters. The topological polar surface area (TPSA) is 105 Å². The molecular weight excluding hydrogens is 456 g/mol. The number of carboxylic acids is 1. The average Bonchev–Trinajstić information content (AvgIpc) is 3.13. The van der Waals surface area contributed by atoms with Crippen molar-refractivity contribution in [2.45, 2.75) is 18.4 Å². The van der Waals surface area contributed by atoms with Gasteiger partial charge in [0.25, 0.3) is 0 Å². The number of thioether (sulfide) groups is 1. The third-order valence-corrected chi connectivity index (χ3v) is 6.98. The van der Waals surface area contributed by atoms with E-state index in [4.69, 9.17) is 14.6 Å². The van der Waals surface area contributed by atoms with Crippen LogP contribution in [0.3, 0.4) is 0 Å². The minimum Gasteiger partial charge on any atom is -0.480 e. The van der Waals surface area contributed by atoms with Crippen LogP contribution in [0.25, 0.3) is 11.1 Å². The molecule has 1 fully saturated rings. The van der Waals surface area contributed by atoms with Gasteiger partial charge < -0.3 is 24.8 Å². The Kier molecular flexibility index (Phi) is 7.43. The van der Waals surface area contributed by atoms with E-state index in [1.165, 1.54) is 34.0 Å². The van der Waals surface area contributed by atoms with Gasteiger partial charge in [0.15, 0.2) is 0 Å². The number of nitrogens with one attached hydrogen (secondary N) is 1. The highest BCUT2D eigenvalue weighted by Crippen LogP contribution is 2.44. The molecule has 180 valence electrons. The van der Waals surface area contributed by atoms with Gasteiger partial charge in [-0.05, 0) is 29.2 Å². The molecule has 2 aromatic carbocycles. The molecule has 0 unspecified atom stereocenters. The maximum Gasteiger partial charge on any atom is 0.407 e. The lowest BCUT2D eigenvalue weighted by atomic mass is 9.96. The van der Waals surface area contributed by atoms with Crippen LogP contribution in [-0.2, 0) is 19.1 Å². The molecular formula is C25H28N2O6S. The summed E-state index contributed by atoms with van der Waals surface area (Å²) in [4.78, 5) is 36.7. The monoisotopic (exact) mass is 484 g/mol. The number of carboxylic acid groups (broad SMARTS) is 1. The van der Waals surface area contributed by atoms with Gasteiger partial charge in [-0.1, -0.05) is 48.5 Å². The number of benzene rings is 2. The van der Waals surface area contributed by atoms with Gasteiger partial charge in [0.05, 0.1) is 18.8 Å². The van der Waals surface area contributed by atoms with Gasteiger partial charge in [-0.3, -0.25) is 4.79 Å². The van der Waals surface area contributed by atoms with Gasteiger partial charge in [0.2, 0.25) is 5.91 Å². The summed E-state index contributed by atoms with van der Waals surface area (Å²) in [5, 5.41) is 11.4. The normalized spacial score (nSPS) is 15.7. The van der Waals surface area contributed by atoms with Crippen LogP contribution >= 0.6 is 11.8 Å². The van der Waals surface area contributed by atoms with E-state index in [0.717, 1.165) is 0 Å². The van der Waals surface area contributed by atoms with Gasteiger partial charge in [-0.25, -0.2) is 9.59 Å². The minimum atomic E-state index is -1.02. The summed E-state index contributed by atoms with van der Waals surface area (Å²) in [6, 6.07) is 16.4. The van der Waals surface area contributed by atoms with E-state index in [-0.39, 0.29) is 25.0 Å². The van der Waals surface area contributed by atoms with Crippen LogP contribution in [0.15, 0.2) is 48.5 Å². The summed E-state index contributed by atoms with van der Waals surface area (Å²) in [5.41, 5.74) is 4.11. The summed E-state index contributed by atoms with van der Waals surface area (Å²) in [6.07, 6.45) is -0.470. The zero-order valence-electron chi connectivity index (χ0n) is 19.0. The lowest BCUT2D eigenvalue weighted by Crippen LogP contribution is -2.63. The average molecular weight is 485 g/mol. The first-order chi connectivity index (χ1) is 16.4. The third-order valence-electron chi connectivity index (χ3n) is 6.03.